The Balaban J connectivity index is 1.70. The predicted octanol–water partition coefficient (Wildman–Crippen LogP) is 2.85. The van der Waals surface area contributed by atoms with Crippen LogP contribution in [0.5, 0.6) is 11.5 Å². The number of carbonyl (C=O) groups excluding carboxylic acids is 2. The molecule has 34 heavy (non-hydrogen) atoms. The van der Waals surface area contributed by atoms with Crippen LogP contribution in [0, 0.1) is 11.6 Å². The molecule has 3 rings (SSSR count). The van der Waals surface area contributed by atoms with Crippen LogP contribution in [-0.4, -0.2) is 39.0 Å². The summed E-state index contributed by atoms with van der Waals surface area (Å²) in [6, 6.07) is 11.7. The van der Waals surface area contributed by atoms with Crippen LogP contribution in [0.4, 0.5) is 20.2 Å². The number of carbonyl (C=O) groups is 2. The van der Waals surface area contributed by atoms with Gasteiger partial charge in [0.15, 0.2) is 0 Å². The molecule has 4 N–H and O–H groups in total. The highest BCUT2D eigenvalue weighted by Crippen LogP contribution is 2.30. The van der Waals surface area contributed by atoms with Crippen molar-refractivity contribution < 1.29 is 36.6 Å². The van der Waals surface area contributed by atoms with Gasteiger partial charge >= 0.3 is 0 Å². The van der Waals surface area contributed by atoms with E-state index in [1.807, 2.05) is 0 Å². The Morgan fingerprint density at radius 2 is 1.65 bits per heavy atom. The Morgan fingerprint density at radius 1 is 0.971 bits per heavy atom. The Hall–Kier alpha value is -4.19. The minimum atomic E-state index is -4.12. The third-order valence-electron chi connectivity index (χ3n) is 4.44. The zero-order valence-electron chi connectivity index (χ0n) is 17.6. The van der Waals surface area contributed by atoms with E-state index in [1.165, 1.54) is 13.2 Å². The van der Waals surface area contributed by atoms with Crippen LogP contribution in [-0.2, 0) is 14.8 Å². The van der Waals surface area contributed by atoms with Gasteiger partial charge in [0.05, 0.1) is 29.9 Å². The normalized spacial score (nSPS) is 10.9. The average molecular weight is 491 g/mol. The molecule has 9 nitrogen and oxygen atoms in total. The van der Waals surface area contributed by atoms with E-state index in [0.29, 0.717) is 6.07 Å². The van der Waals surface area contributed by atoms with E-state index >= 15 is 0 Å². The van der Waals surface area contributed by atoms with Gasteiger partial charge in [-0.15, -0.1) is 0 Å². The summed E-state index contributed by atoms with van der Waals surface area (Å²) < 4.78 is 59.5. The smallest absolute Gasteiger partial charge is 0.262 e. The molecule has 0 aliphatic heterocycles. The number of halogens is 2. The van der Waals surface area contributed by atoms with Crippen LogP contribution in [0.3, 0.4) is 0 Å². The van der Waals surface area contributed by atoms with E-state index in [0.717, 1.165) is 30.3 Å². The number of rotatable bonds is 8. The van der Waals surface area contributed by atoms with Gasteiger partial charge in [0.25, 0.3) is 15.9 Å². The van der Waals surface area contributed by atoms with Crippen LogP contribution in [0.2, 0.25) is 0 Å². The van der Waals surface area contributed by atoms with Crippen molar-refractivity contribution >= 4 is 33.2 Å². The highest BCUT2D eigenvalue weighted by atomic mass is 32.2. The van der Waals surface area contributed by atoms with Crippen LogP contribution >= 0.6 is 0 Å². The van der Waals surface area contributed by atoms with Crippen molar-refractivity contribution in [2.45, 2.75) is 4.90 Å². The van der Waals surface area contributed by atoms with Gasteiger partial charge in [-0.25, -0.2) is 17.2 Å². The quantitative estimate of drug-likeness (QED) is 0.358. The topological polar surface area (TPSA) is 134 Å². The number of hydrogen-bond donors (Lipinski definition) is 4. The number of ether oxygens (including phenoxy) is 1. The maximum absolute atomic E-state index is 13.2. The highest BCUT2D eigenvalue weighted by Gasteiger charge is 2.19. The lowest BCUT2D eigenvalue weighted by atomic mass is 10.2. The van der Waals surface area contributed by atoms with Gasteiger partial charge in [-0.2, -0.15) is 0 Å². The second kappa shape index (κ2) is 10.2. The molecule has 0 bridgehead atoms. The zero-order chi connectivity index (χ0) is 24.9. The summed E-state index contributed by atoms with van der Waals surface area (Å²) in [6.45, 7) is -0.618. The summed E-state index contributed by atoms with van der Waals surface area (Å²) in [4.78, 5) is 23.9. The van der Waals surface area contributed by atoms with Gasteiger partial charge in [-0.05, 0) is 42.5 Å². The number of nitrogens with one attached hydrogen (secondary N) is 3. The van der Waals surface area contributed by atoms with Gasteiger partial charge in [-0.3, -0.25) is 14.3 Å². The molecule has 0 spiro atoms. The van der Waals surface area contributed by atoms with Crippen molar-refractivity contribution in [2.75, 3.05) is 23.7 Å². The Bertz CT molecular complexity index is 1330. The third-order valence-corrected chi connectivity index (χ3v) is 5.80. The van der Waals surface area contributed by atoms with Crippen molar-refractivity contribution in [3.8, 4) is 11.5 Å². The fourth-order valence-electron chi connectivity index (χ4n) is 2.86. The number of anilines is 2. The van der Waals surface area contributed by atoms with E-state index < -0.39 is 45.8 Å². The summed E-state index contributed by atoms with van der Waals surface area (Å²) in [5.41, 5.74) is -0.386. The Kier molecular flexibility index (Phi) is 7.31. The van der Waals surface area contributed by atoms with E-state index in [4.69, 9.17) is 4.74 Å². The molecule has 178 valence electrons. The molecule has 0 heterocycles. The zero-order valence-corrected chi connectivity index (χ0v) is 18.4. The number of amides is 2. The summed E-state index contributed by atoms with van der Waals surface area (Å²) >= 11 is 0. The lowest BCUT2D eigenvalue weighted by Gasteiger charge is -2.13. The minimum absolute atomic E-state index is 0.181. The van der Waals surface area contributed by atoms with E-state index in [2.05, 4.69) is 15.4 Å². The van der Waals surface area contributed by atoms with Crippen molar-refractivity contribution in [1.82, 2.24) is 5.32 Å². The number of sulfonamides is 1. The molecular formula is C22H19F2N3O6S. The molecule has 0 aliphatic carbocycles. The predicted molar refractivity (Wildman–Crippen MR) is 119 cm³/mol. The fourth-order valence-corrected chi connectivity index (χ4v) is 3.95. The number of phenols is 1. The van der Waals surface area contributed by atoms with Crippen molar-refractivity contribution in [2.24, 2.45) is 0 Å². The summed E-state index contributed by atoms with van der Waals surface area (Å²) in [6.07, 6.45) is 0. The van der Waals surface area contributed by atoms with Crippen molar-refractivity contribution in [3.05, 3.63) is 77.9 Å². The summed E-state index contributed by atoms with van der Waals surface area (Å²) in [7, 11) is -2.74. The monoisotopic (exact) mass is 491 g/mol. The lowest BCUT2D eigenvalue weighted by Crippen LogP contribution is -2.33. The van der Waals surface area contributed by atoms with Crippen molar-refractivity contribution in [3.63, 3.8) is 0 Å². The number of methoxy groups -OCH3 is 1. The average Bonchev–Trinajstić information content (AvgIpc) is 2.78. The molecule has 0 aromatic heterocycles. The standard InChI is InChI=1S/C22H19F2N3O6S/c1-33-20-5-3-2-4-17(20)27-34(31,32)16-6-7-19(28)18(11-16)26-21(29)12-25-22(30)13-8-14(23)10-15(24)9-13/h2-11,27-28H,12H2,1H3,(H,25,30)(H,26,29). The number of benzene rings is 3. The second-order valence-corrected chi connectivity index (χ2v) is 8.56. The fraction of sp³-hybridized carbons (Fsp3) is 0.0909. The Labute approximate surface area is 193 Å². The molecule has 3 aromatic rings. The van der Waals surface area contributed by atoms with Crippen LogP contribution in [0.15, 0.2) is 65.6 Å². The van der Waals surface area contributed by atoms with Gasteiger partial charge < -0.3 is 20.5 Å². The van der Waals surface area contributed by atoms with Crippen LogP contribution in [0.25, 0.3) is 0 Å². The molecule has 0 radical (unpaired) electrons. The minimum Gasteiger partial charge on any atom is -0.506 e. The molecule has 0 saturated carbocycles. The van der Waals surface area contributed by atoms with Crippen LogP contribution < -0.4 is 20.1 Å². The summed E-state index contributed by atoms with van der Waals surface area (Å²) in [5, 5.41) is 14.5. The van der Waals surface area contributed by atoms with E-state index in [1.54, 1.807) is 18.2 Å². The SMILES string of the molecule is COc1ccccc1NS(=O)(=O)c1ccc(O)c(NC(=O)CNC(=O)c2cc(F)cc(F)c2)c1. The third kappa shape index (κ3) is 5.98. The molecule has 12 heteroatoms. The van der Waals surface area contributed by atoms with Gasteiger partial charge in [0, 0.05) is 11.6 Å². The lowest BCUT2D eigenvalue weighted by molar-refractivity contribution is -0.115. The molecule has 0 unspecified atom stereocenters. The van der Waals surface area contributed by atoms with Crippen molar-refractivity contribution in [1.29, 1.82) is 0 Å². The molecule has 0 saturated heterocycles. The molecular weight excluding hydrogens is 472 g/mol. The molecule has 0 fully saturated rings. The number of para-hydroxylation sites is 2. The van der Waals surface area contributed by atoms with Crippen LogP contribution in [0.1, 0.15) is 10.4 Å². The number of hydrogen-bond acceptors (Lipinski definition) is 6. The second-order valence-electron chi connectivity index (χ2n) is 6.87. The first-order chi connectivity index (χ1) is 16.1. The molecule has 2 amide bonds. The van der Waals surface area contributed by atoms with E-state index in [-0.39, 0.29) is 27.6 Å². The maximum Gasteiger partial charge on any atom is 0.262 e. The first-order valence-corrected chi connectivity index (χ1v) is 11.1. The first-order valence-electron chi connectivity index (χ1n) is 9.62. The first kappa shape index (κ1) is 24.5. The number of aromatic hydroxyl groups is 1. The molecule has 0 aliphatic rings. The van der Waals surface area contributed by atoms with Gasteiger partial charge in [0.1, 0.15) is 23.1 Å². The van der Waals surface area contributed by atoms with Gasteiger partial charge in [-0.1, -0.05) is 12.1 Å². The Morgan fingerprint density at radius 3 is 2.32 bits per heavy atom. The molecule has 3 aromatic carbocycles. The summed E-state index contributed by atoms with van der Waals surface area (Å²) in [5.74, 6) is -3.79. The maximum atomic E-state index is 13.2. The number of phenolic OH excluding ortho intramolecular Hbond substituents is 1. The molecule has 0 atom stereocenters. The largest absolute Gasteiger partial charge is 0.506 e. The highest BCUT2D eigenvalue weighted by molar-refractivity contribution is 7.92. The van der Waals surface area contributed by atoms with Gasteiger partial charge in [0.2, 0.25) is 5.91 Å². The van der Waals surface area contributed by atoms with E-state index in [9.17, 15) is 31.9 Å².